The first-order valence-corrected chi connectivity index (χ1v) is 11.8. The lowest BCUT2D eigenvalue weighted by molar-refractivity contribution is -0.113. The molecule has 7 nitrogen and oxygen atoms in total. The smallest absolute Gasteiger partial charge is 0.272 e. The van der Waals surface area contributed by atoms with Crippen LogP contribution in [0.15, 0.2) is 63.9 Å². The van der Waals surface area contributed by atoms with Crippen LogP contribution in [0.3, 0.4) is 0 Å². The largest absolute Gasteiger partial charge is 0.454 e. The number of nitrogens with one attached hydrogen (secondary N) is 1. The molecule has 9 heteroatoms. The third-order valence-electron chi connectivity index (χ3n) is 4.98. The summed E-state index contributed by atoms with van der Waals surface area (Å²) in [6.45, 7) is 2.50. The Morgan fingerprint density at radius 2 is 1.97 bits per heavy atom. The molecule has 1 aliphatic heterocycles. The number of amides is 1. The Bertz CT molecular complexity index is 1360. The number of fused-ring (bicyclic) bond motifs is 2. The number of thioether (sulfide) groups is 1. The van der Waals surface area contributed by atoms with E-state index in [1.54, 1.807) is 4.57 Å². The predicted molar refractivity (Wildman–Crippen MR) is 126 cm³/mol. The molecule has 0 bridgehead atoms. The minimum Gasteiger partial charge on any atom is -0.454 e. The molecule has 0 saturated heterocycles. The molecule has 5 rings (SSSR count). The van der Waals surface area contributed by atoms with E-state index in [4.69, 9.17) is 9.47 Å². The summed E-state index contributed by atoms with van der Waals surface area (Å²) in [5, 5.41) is 5.23. The van der Waals surface area contributed by atoms with Gasteiger partial charge in [-0.25, -0.2) is 4.98 Å². The summed E-state index contributed by atoms with van der Waals surface area (Å²) in [5.74, 6) is 1.33. The maximum absolute atomic E-state index is 13.2. The van der Waals surface area contributed by atoms with E-state index >= 15 is 0 Å². The molecule has 3 heterocycles. The summed E-state index contributed by atoms with van der Waals surface area (Å²) in [5.41, 5.74) is 3.27. The summed E-state index contributed by atoms with van der Waals surface area (Å²) in [6.07, 6.45) is 0. The maximum Gasteiger partial charge on any atom is 0.272 e. The third kappa shape index (κ3) is 4.21. The number of aryl methyl sites for hydroxylation is 1. The lowest BCUT2D eigenvalue weighted by Crippen LogP contribution is -2.24. The number of ether oxygens (including phenoxy) is 2. The second kappa shape index (κ2) is 8.68. The SMILES string of the molecule is Cc1ccc(NC(=O)CSc2nc3ccsc3c(=O)n2Cc2ccc3c(c2)OCO3)cc1. The molecular weight excluding hydrogens is 446 g/mol. The standard InChI is InChI=1S/C23H19N3O4S2/c1-14-2-5-16(6-3-14)24-20(27)12-32-23-25-17-8-9-31-21(17)22(28)26(23)11-15-4-7-18-19(10-15)30-13-29-18/h2-10H,11-13H2,1H3,(H,24,27). The highest BCUT2D eigenvalue weighted by molar-refractivity contribution is 7.99. The van der Waals surface area contributed by atoms with Gasteiger partial charge >= 0.3 is 0 Å². The molecule has 0 aliphatic carbocycles. The second-order valence-electron chi connectivity index (χ2n) is 7.31. The van der Waals surface area contributed by atoms with Gasteiger partial charge in [0.05, 0.1) is 17.8 Å². The highest BCUT2D eigenvalue weighted by atomic mass is 32.2. The van der Waals surface area contributed by atoms with Crippen molar-refractivity contribution in [1.82, 2.24) is 9.55 Å². The van der Waals surface area contributed by atoms with E-state index in [2.05, 4.69) is 10.3 Å². The van der Waals surface area contributed by atoms with E-state index < -0.39 is 0 Å². The first-order valence-electron chi connectivity index (χ1n) is 9.93. The first kappa shape index (κ1) is 20.6. The van der Waals surface area contributed by atoms with Crippen LogP contribution in [-0.4, -0.2) is 28.0 Å². The zero-order valence-corrected chi connectivity index (χ0v) is 18.8. The molecular formula is C23H19N3O4S2. The molecule has 1 amide bonds. The van der Waals surface area contributed by atoms with Gasteiger partial charge in [-0.2, -0.15) is 0 Å². The molecule has 4 aromatic rings. The van der Waals surface area contributed by atoms with Gasteiger partial charge < -0.3 is 14.8 Å². The molecule has 0 spiro atoms. The van der Waals surface area contributed by atoms with Crippen LogP contribution in [0.5, 0.6) is 11.5 Å². The number of thiophene rings is 1. The minimum absolute atomic E-state index is 0.121. The van der Waals surface area contributed by atoms with Crippen LogP contribution in [0.1, 0.15) is 11.1 Å². The average Bonchev–Trinajstić information content (AvgIpc) is 3.45. The number of benzene rings is 2. The van der Waals surface area contributed by atoms with Gasteiger partial charge in [-0.3, -0.25) is 14.2 Å². The maximum atomic E-state index is 13.2. The zero-order chi connectivity index (χ0) is 22.1. The highest BCUT2D eigenvalue weighted by Crippen LogP contribution is 2.33. The molecule has 0 atom stereocenters. The van der Waals surface area contributed by atoms with Crippen molar-refractivity contribution in [2.45, 2.75) is 18.6 Å². The Hall–Kier alpha value is -3.30. The molecule has 0 saturated carbocycles. The van der Waals surface area contributed by atoms with Gasteiger partial charge in [0.2, 0.25) is 12.7 Å². The average molecular weight is 466 g/mol. The molecule has 0 fully saturated rings. The van der Waals surface area contributed by atoms with E-state index in [9.17, 15) is 9.59 Å². The fraction of sp³-hybridized carbons (Fsp3) is 0.174. The second-order valence-corrected chi connectivity index (χ2v) is 9.17. The molecule has 0 radical (unpaired) electrons. The van der Waals surface area contributed by atoms with Gasteiger partial charge in [-0.05, 0) is 48.2 Å². The van der Waals surface area contributed by atoms with Crippen LogP contribution in [0.25, 0.3) is 10.2 Å². The van der Waals surface area contributed by atoms with Crippen molar-refractivity contribution in [3.63, 3.8) is 0 Å². The summed E-state index contributed by atoms with van der Waals surface area (Å²) in [4.78, 5) is 30.3. The van der Waals surface area contributed by atoms with Gasteiger partial charge in [-0.1, -0.05) is 35.5 Å². The van der Waals surface area contributed by atoms with Crippen molar-refractivity contribution in [3.05, 3.63) is 75.4 Å². The number of aromatic nitrogens is 2. The molecule has 0 unspecified atom stereocenters. The van der Waals surface area contributed by atoms with E-state index in [0.29, 0.717) is 33.4 Å². The number of carbonyl (C=O) groups excluding carboxylic acids is 1. The Morgan fingerprint density at radius 3 is 2.81 bits per heavy atom. The van der Waals surface area contributed by atoms with Crippen LogP contribution in [0.2, 0.25) is 0 Å². The number of hydrogen-bond acceptors (Lipinski definition) is 7. The van der Waals surface area contributed by atoms with Crippen molar-refractivity contribution in [3.8, 4) is 11.5 Å². The molecule has 2 aromatic carbocycles. The quantitative estimate of drug-likeness (QED) is 0.338. The Morgan fingerprint density at radius 1 is 1.16 bits per heavy atom. The molecule has 2 aromatic heterocycles. The first-order chi connectivity index (χ1) is 15.6. The van der Waals surface area contributed by atoms with Crippen LogP contribution < -0.4 is 20.3 Å². The minimum atomic E-state index is -0.159. The van der Waals surface area contributed by atoms with E-state index in [1.165, 1.54) is 23.1 Å². The van der Waals surface area contributed by atoms with Gasteiger partial charge in [-0.15, -0.1) is 11.3 Å². The van der Waals surface area contributed by atoms with Crippen LogP contribution in [0.4, 0.5) is 5.69 Å². The van der Waals surface area contributed by atoms with Gasteiger partial charge in [0.25, 0.3) is 5.56 Å². The van der Waals surface area contributed by atoms with Crippen LogP contribution >= 0.6 is 23.1 Å². The summed E-state index contributed by atoms with van der Waals surface area (Å²) >= 11 is 2.61. The topological polar surface area (TPSA) is 82.5 Å². The van der Waals surface area contributed by atoms with Gasteiger partial charge in [0, 0.05) is 5.69 Å². The molecule has 1 N–H and O–H groups in total. The van der Waals surface area contributed by atoms with Crippen molar-refractivity contribution in [2.24, 2.45) is 0 Å². The number of carbonyl (C=O) groups is 1. The summed E-state index contributed by atoms with van der Waals surface area (Å²) in [7, 11) is 0. The number of hydrogen-bond donors (Lipinski definition) is 1. The monoisotopic (exact) mass is 465 g/mol. The fourth-order valence-corrected chi connectivity index (χ4v) is 4.94. The Labute approximate surface area is 192 Å². The van der Waals surface area contributed by atoms with Gasteiger partial charge in [0.15, 0.2) is 16.7 Å². The summed E-state index contributed by atoms with van der Waals surface area (Å²) < 4.78 is 13.0. The van der Waals surface area contributed by atoms with Crippen LogP contribution in [0, 0.1) is 6.92 Å². The Kier molecular flexibility index (Phi) is 5.59. The van der Waals surface area contributed by atoms with E-state index in [1.807, 2.05) is 60.8 Å². The van der Waals surface area contributed by atoms with E-state index in [0.717, 1.165) is 16.8 Å². The van der Waals surface area contributed by atoms with Crippen LogP contribution in [-0.2, 0) is 11.3 Å². The fourth-order valence-electron chi connectivity index (χ4n) is 3.36. The predicted octanol–water partition coefficient (Wildman–Crippen LogP) is 4.27. The third-order valence-corrected chi connectivity index (χ3v) is 6.84. The zero-order valence-electron chi connectivity index (χ0n) is 17.2. The highest BCUT2D eigenvalue weighted by Gasteiger charge is 2.17. The summed E-state index contributed by atoms with van der Waals surface area (Å²) in [6, 6.07) is 15.0. The molecule has 162 valence electrons. The normalized spacial score (nSPS) is 12.3. The van der Waals surface area contributed by atoms with Crippen molar-refractivity contribution in [1.29, 1.82) is 0 Å². The lowest BCUT2D eigenvalue weighted by atomic mass is 10.2. The lowest BCUT2D eigenvalue weighted by Gasteiger charge is -2.12. The number of rotatable bonds is 6. The Balaban J connectivity index is 1.39. The van der Waals surface area contributed by atoms with Crippen molar-refractivity contribution in [2.75, 3.05) is 17.9 Å². The van der Waals surface area contributed by atoms with Crippen molar-refractivity contribution >= 4 is 44.9 Å². The number of anilines is 1. The molecule has 32 heavy (non-hydrogen) atoms. The van der Waals surface area contributed by atoms with Gasteiger partial charge in [0.1, 0.15) is 4.70 Å². The van der Waals surface area contributed by atoms with Crippen molar-refractivity contribution < 1.29 is 14.3 Å². The van der Waals surface area contributed by atoms with E-state index in [-0.39, 0.29) is 24.0 Å². The number of nitrogens with zero attached hydrogens (tertiary/aromatic N) is 2. The molecule has 1 aliphatic rings.